The minimum atomic E-state index is -2.81. The molecule has 0 saturated heterocycles. The molecule has 4 unspecified atom stereocenters. The van der Waals surface area contributed by atoms with Crippen LogP contribution >= 0.6 is 0 Å². The van der Waals surface area contributed by atoms with Crippen LogP contribution < -0.4 is 5.43 Å². The lowest BCUT2D eigenvalue weighted by Crippen LogP contribution is -2.41. The van der Waals surface area contributed by atoms with Crippen LogP contribution in [0, 0.1) is 5.89 Å². The Morgan fingerprint density at radius 1 is 1.75 bits per heavy atom. The zero-order valence-corrected chi connectivity index (χ0v) is 10.5. The monoisotopic (exact) mass is 283 g/mol. The molecule has 3 heterocycles. The third kappa shape index (κ3) is 1.89. The van der Waals surface area contributed by atoms with Crippen LogP contribution in [-0.2, 0) is 6.52 Å². The van der Waals surface area contributed by atoms with Crippen LogP contribution in [-0.4, -0.2) is 27.7 Å². The highest BCUT2D eigenvalue weighted by molar-refractivity contribution is 5.85. The Kier molecular flexibility index (Phi) is 1.26. The maximum absolute atomic E-state index is 8.81. The molecule has 2 aliphatic rings. The molecule has 2 aromatic heterocycles. The minimum absolute atomic E-state index is 0.0458. The van der Waals surface area contributed by atoms with Crippen molar-refractivity contribution in [1.29, 1.82) is 1.43 Å². The molecule has 1 fully saturated rings. The Bertz CT molecular complexity index is 1060. The van der Waals surface area contributed by atoms with E-state index >= 15 is 0 Å². The summed E-state index contributed by atoms with van der Waals surface area (Å²) in [5.41, 5.74) is 2.22. The highest BCUT2D eigenvalue weighted by Crippen LogP contribution is 2.35. The van der Waals surface area contributed by atoms with E-state index in [2.05, 4.69) is 15.5 Å². The maximum atomic E-state index is 8.81. The van der Waals surface area contributed by atoms with Crippen LogP contribution in [0.4, 0.5) is 5.69 Å². The van der Waals surface area contributed by atoms with Crippen molar-refractivity contribution < 1.29 is 18.9 Å². The van der Waals surface area contributed by atoms with Crippen LogP contribution in [0.25, 0.3) is 11.0 Å². The number of nitrogens with one attached hydrogen (secondary N) is 2. The molecule has 4 rings (SSSR count). The first-order valence-electron chi connectivity index (χ1n) is 11.9. The number of hydrogen-bond donors (Lipinski definition) is 3. The summed E-state index contributed by atoms with van der Waals surface area (Å²) in [6, 6.07) is -0.406. The zero-order chi connectivity index (χ0) is 23.1. The normalized spacial score (nSPS) is 47.5. The van der Waals surface area contributed by atoms with E-state index in [0.29, 0.717) is 9.99 Å². The maximum Gasteiger partial charge on any atom is 0.212 e. The molecule has 0 bridgehead atoms. The van der Waals surface area contributed by atoms with Gasteiger partial charge in [0.25, 0.3) is 0 Å². The summed E-state index contributed by atoms with van der Waals surface area (Å²) in [7, 11) is 0. The minimum Gasteiger partial charge on any atom is -0.376 e. The molecule has 0 radical (unpaired) electrons. The fraction of sp³-hybridized carbons (Fsp3) is 0.533. The van der Waals surface area contributed by atoms with Crippen molar-refractivity contribution >= 4 is 16.7 Å². The highest BCUT2D eigenvalue weighted by atomic mass is 16.3. The smallest absolute Gasteiger partial charge is 0.212 e. The van der Waals surface area contributed by atoms with Gasteiger partial charge in [-0.25, -0.2) is 4.98 Å². The van der Waals surface area contributed by atoms with Gasteiger partial charge in [0, 0.05) is 35.0 Å². The molecule has 0 amide bonds. The lowest BCUT2D eigenvalue weighted by molar-refractivity contribution is -0.0369. The lowest BCUT2D eigenvalue weighted by atomic mass is 9.88. The number of aliphatic hydroxyl groups is 1. The second-order valence-electron chi connectivity index (χ2n) is 4.69. The number of fused-ring (bicyclic) bond motifs is 3. The number of hydrogen-bond acceptors (Lipinski definition) is 4. The number of anilines is 1. The van der Waals surface area contributed by atoms with Crippen molar-refractivity contribution in [3.8, 4) is 0 Å². The molecule has 1 aliphatic heterocycles. The van der Waals surface area contributed by atoms with Crippen LogP contribution in [0.3, 0.4) is 0 Å². The predicted octanol–water partition coefficient (Wildman–Crippen LogP) is 2.60. The molecule has 0 aromatic carbocycles. The number of pyridine rings is 1. The summed E-state index contributed by atoms with van der Waals surface area (Å²) < 4.78 is 90.6. The molecule has 2 aromatic rings. The fourth-order valence-electron chi connectivity index (χ4n) is 2.38. The van der Waals surface area contributed by atoms with Crippen LogP contribution in [0.2, 0.25) is 1.41 Å². The van der Waals surface area contributed by atoms with Gasteiger partial charge in [0.05, 0.1) is 18.7 Å². The van der Waals surface area contributed by atoms with E-state index in [0.717, 1.165) is 0 Å². The quantitative estimate of drug-likeness (QED) is 0.810. The lowest BCUT2D eigenvalue weighted by Gasteiger charge is -2.32. The van der Waals surface area contributed by atoms with Crippen LogP contribution in [0.15, 0.2) is 18.4 Å². The third-order valence-electron chi connectivity index (χ3n) is 3.40. The molecule has 5 heteroatoms. The van der Waals surface area contributed by atoms with Gasteiger partial charge >= 0.3 is 0 Å². The summed E-state index contributed by atoms with van der Waals surface area (Å²) >= 11 is 0. The van der Waals surface area contributed by atoms with E-state index < -0.39 is 49.8 Å². The molecular weight excluding hydrogens is 252 g/mol. The Morgan fingerprint density at radius 3 is 3.70 bits per heavy atom. The van der Waals surface area contributed by atoms with Gasteiger partial charge in [0.2, 0.25) is 1.43 Å². The van der Waals surface area contributed by atoms with E-state index in [1.165, 1.54) is 0 Å². The molecule has 0 spiro atoms. The fourth-order valence-corrected chi connectivity index (χ4v) is 2.38. The van der Waals surface area contributed by atoms with E-state index in [4.69, 9.17) is 15.2 Å². The first-order chi connectivity index (χ1) is 14.3. The molecule has 106 valence electrons. The number of rotatable bonds is 3. The second-order valence-corrected chi connectivity index (χ2v) is 4.69. The summed E-state index contributed by atoms with van der Waals surface area (Å²) in [6.07, 6.45) is -7.43. The Morgan fingerprint density at radius 2 is 2.75 bits per heavy atom. The van der Waals surface area contributed by atoms with Gasteiger partial charge in [0.15, 0.2) is 1.41 Å². The van der Waals surface area contributed by atoms with Crippen molar-refractivity contribution in [3.05, 3.63) is 24.0 Å². The average Bonchev–Trinajstić information content (AvgIpc) is 3.17. The highest BCUT2D eigenvalue weighted by Gasteiger charge is 2.31. The summed E-state index contributed by atoms with van der Waals surface area (Å²) in [6.45, 7) is -1.64. The van der Waals surface area contributed by atoms with Crippen LogP contribution in [0.5, 0.6) is 0 Å². The largest absolute Gasteiger partial charge is 0.376 e. The standard InChI is InChI=1S/C15H20N4O/c20-15(10-4-2-1-3-5-10)19-9-12-11-6-7-16-14(11)17-8-13(12)18-19/h6-8,10,15,18,20H,1-5,9H2,(H,16,17)/i2D,4D2,6D,7D,8D,9D,10D,15D,20D/hD. The zero-order valence-electron chi connectivity index (χ0n) is 21.5. The summed E-state index contributed by atoms with van der Waals surface area (Å²) in [4.78, 5) is 4.46. The summed E-state index contributed by atoms with van der Waals surface area (Å²) in [5, 5.41) is 5.25. The SMILES string of the molecule is [2H]OC([2H])(N1Nc2c([2H])nc3c(c([2H])c([2H])n3[2H])c2C1[2H])C1([2H])CCCC([2H])C1([2H])[2H]. The van der Waals surface area contributed by atoms with E-state index in [9.17, 15) is 0 Å². The Balaban J connectivity index is 1.90. The van der Waals surface area contributed by atoms with Crippen molar-refractivity contribution in [2.45, 2.75) is 44.8 Å². The predicted molar refractivity (Wildman–Crippen MR) is 77.8 cm³/mol. The molecule has 4 atom stereocenters. The van der Waals surface area contributed by atoms with E-state index in [-0.39, 0.29) is 41.5 Å². The number of hydrazine groups is 1. The second kappa shape index (κ2) is 4.75. The Labute approximate surface area is 133 Å². The first kappa shape index (κ1) is 5.31. The van der Waals surface area contributed by atoms with Crippen molar-refractivity contribution in [3.63, 3.8) is 0 Å². The Hall–Kier alpha value is -1.59. The van der Waals surface area contributed by atoms with Crippen molar-refractivity contribution in [2.24, 2.45) is 5.89 Å². The van der Waals surface area contributed by atoms with Crippen LogP contribution in [0.1, 0.15) is 49.9 Å². The van der Waals surface area contributed by atoms with Gasteiger partial charge in [-0.05, 0) is 18.8 Å². The molecule has 20 heavy (non-hydrogen) atoms. The van der Waals surface area contributed by atoms with Crippen molar-refractivity contribution in [2.75, 3.05) is 5.43 Å². The van der Waals surface area contributed by atoms with Gasteiger partial charge in [0.1, 0.15) is 11.9 Å². The topological polar surface area (TPSA) is 64.2 Å². The van der Waals surface area contributed by atoms with Gasteiger partial charge < -0.3 is 15.5 Å². The molecule has 3 N–H and O–H groups in total. The first-order valence-corrected chi connectivity index (χ1v) is 6.39. The molecular formula is C15H20N4O. The number of H-pyrrole nitrogens is 1. The number of nitrogens with zero attached hydrogens (tertiary/aromatic N) is 2. The summed E-state index contributed by atoms with van der Waals surface area (Å²) in [5.74, 6) is -2.44. The van der Waals surface area contributed by atoms with E-state index in [1.807, 2.05) is 0 Å². The molecule has 5 nitrogen and oxygen atoms in total. The van der Waals surface area contributed by atoms with Gasteiger partial charge in [-0.3, -0.25) is 0 Å². The molecule has 1 aliphatic carbocycles. The number of aromatic amines is 1. The average molecular weight is 283 g/mol. The van der Waals surface area contributed by atoms with Crippen molar-refractivity contribution in [1.82, 2.24) is 15.0 Å². The van der Waals surface area contributed by atoms with E-state index in [1.54, 1.807) is 0 Å². The molecule has 1 saturated carbocycles. The third-order valence-corrected chi connectivity index (χ3v) is 3.40. The van der Waals surface area contributed by atoms with Gasteiger partial charge in [-0.15, -0.1) is 0 Å². The number of aromatic nitrogens is 2. The van der Waals surface area contributed by atoms with Gasteiger partial charge in [-0.2, -0.15) is 5.01 Å². The van der Waals surface area contributed by atoms with Gasteiger partial charge in [-0.1, -0.05) is 19.2 Å².